The van der Waals surface area contributed by atoms with Crippen molar-refractivity contribution in [3.05, 3.63) is 63.8 Å². The van der Waals surface area contributed by atoms with Gasteiger partial charge in [-0.2, -0.15) is 0 Å². The van der Waals surface area contributed by atoms with Crippen LogP contribution in [0.25, 0.3) is 0 Å². The third kappa shape index (κ3) is 3.79. The highest BCUT2D eigenvalue weighted by molar-refractivity contribution is 5.91. The van der Waals surface area contributed by atoms with Gasteiger partial charge in [-0.15, -0.1) is 0 Å². The number of nitrogens with one attached hydrogen (secondary N) is 2. The molecule has 0 spiro atoms. The van der Waals surface area contributed by atoms with Crippen LogP contribution in [0.2, 0.25) is 0 Å². The van der Waals surface area contributed by atoms with E-state index >= 15 is 0 Å². The Hall–Kier alpha value is -2.47. The minimum Gasteiger partial charge on any atom is -0.349 e. The first-order valence-electron chi connectivity index (χ1n) is 7.03. The number of H-pyrrole nitrogens is 1. The highest BCUT2D eigenvalue weighted by Crippen LogP contribution is 2.20. The topological polar surface area (TPSA) is 78.1 Å². The second-order valence-corrected chi connectivity index (χ2v) is 5.36. The number of aromatic nitrogens is 2. The van der Waals surface area contributed by atoms with E-state index in [1.54, 1.807) is 0 Å². The van der Waals surface area contributed by atoms with Crippen molar-refractivity contribution in [3.8, 4) is 0 Å². The van der Waals surface area contributed by atoms with E-state index in [0.29, 0.717) is 6.54 Å². The Labute approximate surface area is 129 Å². The van der Waals surface area contributed by atoms with E-state index in [4.69, 9.17) is 0 Å². The molecule has 0 fully saturated rings. The number of carbonyl (C=O) groups is 1. The number of amides is 1. The van der Waals surface area contributed by atoms with Crippen LogP contribution in [0.15, 0.2) is 41.5 Å². The summed E-state index contributed by atoms with van der Waals surface area (Å²) in [4.78, 5) is 31.5. The Morgan fingerprint density at radius 3 is 2.68 bits per heavy atom. The van der Waals surface area contributed by atoms with Crippen LogP contribution in [0.1, 0.15) is 27.7 Å². The first-order valence-corrected chi connectivity index (χ1v) is 7.03. The predicted molar refractivity (Wildman–Crippen MR) is 84.8 cm³/mol. The van der Waals surface area contributed by atoms with Crippen molar-refractivity contribution in [2.45, 2.75) is 13.0 Å². The zero-order chi connectivity index (χ0) is 16.1. The molecule has 1 aromatic carbocycles. The van der Waals surface area contributed by atoms with Crippen molar-refractivity contribution >= 4 is 5.91 Å². The van der Waals surface area contributed by atoms with Crippen molar-refractivity contribution in [1.29, 1.82) is 0 Å². The lowest BCUT2D eigenvalue weighted by molar-refractivity contribution is 0.0936. The van der Waals surface area contributed by atoms with Gasteiger partial charge >= 0.3 is 0 Å². The lowest BCUT2D eigenvalue weighted by atomic mass is 10.0. The monoisotopic (exact) mass is 300 g/mol. The molecule has 0 bridgehead atoms. The molecule has 0 aliphatic heterocycles. The molecule has 2 aromatic rings. The van der Waals surface area contributed by atoms with Gasteiger partial charge in [-0.05, 0) is 32.1 Å². The number of rotatable bonds is 5. The van der Waals surface area contributed by atoms with Crippen molar-refractivity contribution in [1.82, 2.24) is 20.2 Å². The lowest BCUT2D eigenvalue weighted by Crippen LogP contribution is -2.35. The highest BCUT2D eigenvalue weighted by Gasteiger charge is 2.17. The molecule has 1 unspecified atom stereocenters. The number of benzene rings is 1. The molecule has 22 heavy (non-hydrogen) atoms. The van der Waals surface area contributed by atoms with Crippen LogP contribution in [0.5, 0.6) is 0 Å². The van der Waals surface area contributed by atoms with Gasteiger partial charge in [-0.3, -0.25) is 14.6 Å². The number of nitrogens with zero attached hydrogens (tertiary/aromatic N) is 2. The van der Waals surface area contributed by atoms with Gasteiger partial charge in [0, 0.05) is 6.54 Å². The molecule has 1 heterocycles. The quantitative estimate of drug-likeness (QED) is 0.867. The minimum atomic E-state index is -0.393. The van der Waals surface area contributed by atoms with Crippen LogP contribution in [-0.2, 0) is 0 Å². The van der Waals surface area contributed by atoms with Gasteiger partial charge < -0.3 is 15.2 Å². The first-order chi connectivity index (χ1) is 10.5. The van der Waals surface area contributed by atoms with Gasteiger partial charge in [0.2, 0.25) is 0 Å². The van der Waals surface area contributed by atoms with Gasteiger partial charge in [0.05, 0.1) is 18.4 Å². The van der Waals surface area contributed by atoms with E-state index in [9.17, 15) is 9.59 Å². The van der Waals surface area contributed by atoms with E-state index in [-0.39, 0.29) is 17.6 Å². The van der Waals surface area contributed by atoms with Crippen molar-refractivity contribution in [2.75, 3.05) is 20.6 Å². The largest absolute Gasteiger partial charge is 0.349 e. The molecule has 6 nitrogen and oxygen atoms in total. The average molecular weight is 300 g/mol. The highest BCUT2D eigenvalue weighted by atomic mass is 16.2. The van der Waals surface area contributed by atoms with Crippen LogP contribution in [-0.4, -0.2) is 41.4 Å². The Bertz CT molecular complexity index is 709. The maximum atomic E-state index is 12.1. The Morgan fingerprint density at radius 1 is 1.32 bits per heavy atom. The predicted octanol–water partition coefficient (Wildman–Crippen LogP) is 1.11. The summed E-state index contributed by atoms with van der Waals surface area (Å²) in [5, 5.41) is 2.84. The fourth-order valence-corrected chi connectivity index (χ4v) is 2.31. The molecule has 1 atom stereocenters. The molecule has 6 heteroatoms. The van der Waals surface area contributed by atoms with Gasteiger partial charge in [-0.25, -0.2) is 0 Å². The number of likely N-dealkylation sites (N-methyl/N-ethyl adjacent to an activating group) is 1. The zero-order valence-corrected chi connectivity index (χ0v) is 13.0. The lowest BCUT2D eigenvalue weighted by Gasteiger charge is -2.26. The first kappa shape index (κ1) is 15.9. The van der Waals surface area contributed by atoms with E-state index < -0.39 is 5.56 Å². The number of aromatic amines is 1. The van der Waals surface area contributed by atoms with Crippen LogP contribution >= 0.6 is 0 Å². The summed E-state index contributed by atoms with van der Waals surface area (Å²) in [5.41, 5.74) is 2.10. The molecule has 1 amide bonds. The maximum Gasteiger partial charge on any atom is 0.269 e. The Kier molecular flexibility index (Phi) is 5.06. The Balaban J connectivity index is 2.12. The van der Waals surface area contributed by atoms with Crippen molar-refractivity contribution in [2.24, 2.45) is 0 Å². The zero-order valence-electron chi connectivity index (χ0n) is 13.0. The fourth-order valence-electron chi connectivity index (χ4n) is 2.31. The van der Waals surface area contributed by atoms with Crippen LogP contribution < -0.4 is 10.9 Å². The fraction of sp³-hybridized carbons (Fsp3) is 0.312. The van der Waals surface area contributed by atoms with Gasteiger partial charge in [0.1, 0.15) is 5.69 Å². The van der Waals surface area contributed by atoms with Crippen LogP contribution in [0.3, 0.4) is 0 Å². The average Bonchev–Trinajstić information content (AvgIpc) is 2.48. The molecule has 0 radical (unpaired) electrons. The maximum absolute atomic E-state index is 12.1. The molecule has 2 N–H and O–H groups in total. The number of carbonyl (C=O) groups excluding carboxylic acids is 1. The van der Waals surface area contributed by atoms with Gasteiger partial charge in [-0.1, -0.05) is 24.3 Å². The van der Waals surface area contributed by atoms with E-state index in [1.807, 2.05) is 39.2 Å². The molecule has 0 saturated heterocycles. The normalized spacial score (nSPS) is 12.2. The summed E-state index contributed by atoms with van der Waals surface area (Å²) < 4.78 is 0. The third-order valence-electron chi connectivity index (χ3n) is 3.52. The van der Waals surface area contributed by atoms with Crippen molar-refractivity contribution in [3.63, 3.8) is 0 Å². The van der Waals surface area contributed by atoms with E-state index in [1.165, 1.54) is 11.8 Å². The molecule has 0 aliphatic carbocycles. The minimum absolute atomic E-state index is 0.0496. The second kappa shape index (κ2) is 7.00. The molecule has 0 aliphatic rings. The molecule has 2 rings (SSSR count). The molecule has 0 saturated carbocycles. The molecule has 116 valence electrons. The molecular weight excluding hydrogens is 280 g/mol. The SMILES string of the molecule is Cc1ccccc1C(CNC(=O)c1cncc(=O)[nH]1)N(C)C. The summed E-state index contributed by atoms with van der Waals surface area (Å²) in [5.74, 6) is -0.342. The van der Waals surface area contributed by atoms with E-state index in [2.05, 4.69) is 26.3 Å². The van der Waals surface area contributed by atoms with E-state index in [0.717, 1.165) is 11.8 Å². The van der Waals surface area contributed by atoms with Gasteiger partial charge in [0.15, 0.2) is 0 Å². The third-order valence-corrected chi connectivity index (χ3v) is 3.52. The Morgan fingerprint density at radius 2 is 2.05 bits per heavy atom. The smallest absolute Gasteiger partial charge is 0.269 e. The summed E-state index contributed by atoms with van der Waals surface area (Å²) in [6, 6.07) is 8.13. The molecule has 1 aromatic heterocycles. The summed E-state index contributed by atoms with van der Waals surface area (Å²) >= 11 is 0. The summed E-state index contributed by atoms with van der Waals surface area (Å²) in [6.07, 6.45) is 2.47. The second-order valence-electron chi connectivity index (χ2n) is 5.36. The van der Waals surface area contributed by atoms with Crippen LogP contribution in [0.4, 0.5) is 0 Å². The molecular formula is C16H20N4O2. The number of hydrogen-bond acceptors (Lipinski definition) is 4. The standard InChI is InChI=1S/C16H20N4O2/c1-11-6-4-5-7-12(11)14(20(2)3)9-18-16(22)13-8-17-10-15(21)19-13/h4-8,10,14H,9H2,1-3H3,(H,18,22)(H,19,21). The number of hydrogen-bond donors (Lipinski definition) is 2. The number of aryl methyl sites for hydroxylation is 1. The summed E-state index contributed by atoms with van der Waals surface area (Å²) in [7, 11) is 3.93. The van der Waals surface area contributed by atoms with Gasteiger partial charge in [0.25, 0.3) is 11.5 Å². The summed E-state index contributed by atoms with van der Waals surface area (Å²) in [6.45, 7) is 2.49. The van der Waals surface area contributed by atoms with Crippen LogP contribution in [0, 0.1) is 6.92 Å². The van der Waals surface area contributed by atoms with Crippen molar-refractivity contribution < 1.29 is 4.79 Å².